The second-order valence-corrected chi connectivity index (χ2v) is 5.85. The number of aliphatic hydroxyl groups excluding tert-OH is 2. The maximum absolute atomic E-state index is 11.9. The van der Waals surface area contributed by atoms with Gasteiger partial charge in [-0.05, 0) is 19.1 Å². The summed E-state index contributed by atoms with van der Waals surface area (Å²) in [7, 11) is 0. The quantitative estimate of drug-likeness (QED) is 0.536. The zero-order valence-electron chi connectivity index (χ0n) is 14.4. The first kappa shape index (κ1) is 17.8. The summed E-state index contributed by atoms with van der Waals surface area (Å²) in [6, 6.07) is 5.37. The number of amides is 2. The number of nitrogens with one attached hydrogen (secondary N) is 2. The molecule has 136 valence electrons. The fourth-order valence-electron chi connectivity index (χ4n) is 2.71. The topological polar surface area (TPSA) is 112 Å². The number of hydrogen-bond donors (Lipinski definition) is 4. The number of fused-ring (bicyclic) bond motifs is 1. The molecule has 8 heteroatoms. The van der Waals surface area contributed by atoms with E-state index in [1.54, 1.807) is 29.4 Å². The first-order chi connectivity index (χ1) is 12.6. The summed E-state index contributed by atoms with van der Waals surface area (Å²) in [5.41, 5.74) is 3.66. The highest BCUT2D eigenvalue weighted by molar-refractivity contribution is 6.00. The van der Waals surface area contributed by atoms with E-state index in [-0.39, 0.29) is 19.2 Å². The van der Waals surface area contributed by atoms with E-state index in [2.05, 4.69) is 20.6 Å². The van der Waals surface area contributed by atoms with Gasteiger partial charge in [-0.25, -0.2) is 4.79 Å². The van der Waals surface area contributed by atoms with E-state index < -0.39 is 6.10 Å². The van der Waals surface area contributed by atoms with Crippen LogP contribution in [0.2, 0.25) is 0 Å². The van der Waals surface area contributed by atoms with Gasteiger partial charge in [0.15, 0.2) is 0 Å². The molecule has 0 aliphatic carbocycles. The van der Waals surface area contributed by atoms with Crippen molar-refractivity contribution >= 4 is 22.8 Å². The highest BCUT2D eigenvalue weighted by atomic mass is 16.3. The molecule has 26 heavy (non-hydrogen) atoms. The Bertz CT molecular complexity index is 894. The van der Waals surface area contributed by atoms with Crippen molar-refractivity contribution in [2.45, 2.75) is 19.6 Å². The molecule has 3 aromatic rings. The van der Waals surface area contributed by atoms with Gasteiger partial charge in [-0.1, -0.05) is 6.07 Å². The Kier molecular flexibility index (Phi) is 5.45. The maximum atomic E-state index is 11.9. The number of nitrogens with zero attached hydrogens (tertiary/aromatic N) is 3. The molecule has 4 N–H and O–H groups in total. The molecule has 0 radical (unpaired) electrons. The van der Waals surface area contributed by atoms with Crippen molar-refractivity contribution in [2.75, 3.05) is 18.5 Å². The van der Waals surface area contributed by atoms with Crippen molar-refractivity contribution in [3.05, 3.63) is 43.0 Å². The Morgan fingerprint density at radius 3 is 2.88 bits per heavy atom. The lowest BCUT2D eigenvalue weighted by molar-refractivity contribution is 0.0822. The summed E-state index contributed by atoms with van der Waals surface area (Å²) in [6.07, 6.45) is 5.95. The Hall–Kier alpha value is -2.97. The van der Waals surface area contributed by atoms with Crippen LogP contribution in [0.4, 0.5) is 10.5 Å². The van der Waals surface area contributed by atoms with Gasteiger partial charge in [0.05, 0.1) is 30.5 Å². The standard InChI is InChI=1S/C18H21N5O3/c1-2-20-18(26)22-15-10-23(9-14(25)11-24)16-6-13(8-21-17(15)16)12-4-3-5-19-7-12/h3-8,10,14,24-25H,2,9,11H2,1H3,(H2,20,22,26). The summed E-state index contributed by atoms with van der Waals surface area (Å²) in [4.78, 5) is 20.5. The molecular formula is C18H21N5O3. The SMILES string of the molecule is CCNC(=O)Nc1cn(CC(O)CO)c2cc(-c3cccnc3)cnc12. The lowest BCUT2D eigenvalue weighted by atomic mass is 10.1. The number of anilines is 1. The summed E-state index contributed by atoms with van der Waals surface area (Å²) < 4.78 is 1.77. The molecule has 0 aliphatic rings. The molecule has 1 unspecified atom stereocenters. The Balaban J connectivity index is 2.05. The van der Waals surface area contributed by atoms with E-state index in [0.717, 1.165) is 16.6 Å². The number of urea groups is 1. The van der Waals surface area contributed by atoms with E-state index in [1.807, 2.05) is 25.1 Å². The molecule has 0 bridgehead atoms. The van der Waals surface area contributed by atoms with Crippen LogP contribution in [0.25, 0.3) is 22.2 Å². The largest absolute Gasteiger partial charge is 0.394 e. The minimum absolute atomic E-state index is 0.183. The summed E-state index contributed by atoms with van der Waals surface area (Å²) in [5.74, 6) is 0. The number of aliphatic hydroxyl groups is 2. The zero-order chi connectivity index (χ0) is 18.5. The first-order valence-corrected chi connectivity index (χ1v) is 8.35. The van der Waals surface area contributed by atoms with Crippen molar-refractivity contribution in [1.82, 2.24) is 19.9 Å². The number of carbonyl (C=O) groups excluding carboxylic acids is 1. The van der Waals surface area contributed by atoms with Gasteiger partial charge in [0.25, 0.3) is 0 Å². The van der Waals surface area contributed by atoms with Crippen LogP contribution < -0.4 is 10.6 Å². The lowest BCUT2D eigenvalue weighted by Gasteiger charge is -2.10. The third-order valence-electron chi connectivity index (χ3n) is 3.92. The smallest absolute Gasteiger partial charge is 0.319 e. The van der Waals surface area contributed by atoms with Crippen LogP contribution in [0, 0.1) is 0 Å². The van der Waals surface area contributed by atoms with Crippen LogP contribution in [0.5, 0.6) is 0 Å². The highest BCUT2D eigenvalue weighted by Gasteiger charge is 2.15. The van der Waals surface area contributed by atoms with Crippen molar-refractivity contribution in [3.8, 4) is 11.1 Å². The second-order valence-electron chi connectivity index (χ2n) is 5.85. The monoisotopic (exact) mass is 355 g/mol. The van der Waals surface area contributed by atoms with Crippen LogP contribution in [0.1, 0.15) is 6.92 Å². The molecule has 0 aliphatic heterocycles. The first-order valence-electron chi connectivity index (χ1n) is 8.35. The predicted octanol–water partition coefficient (Wildman–Crippen LogP) is 1.59. The third-order valence-corrected chi connectivity index (χ3v) is 3.92. The zero-order valence-corrected chi connectivity index (χ0v) is 14.4. The average Bonchev–Trinajstić information content (AvgIpc) is 2.99. The van der Waals surface area contributed by atoms with Gasteiger partial charge in [0, 0.05) is 42.5 Å². The normalized spacial score (nSPS) is 12.1. The van der Waals surface area contributed by atoms with E-state index in [4.69, 9.17) is 5.11 Å². The van der Waals surface area contributed by atoms with Gasteiger partial charge in [-0.2, -0.15) is 0 Å². The van der Waals surface area contributed by atoms with Crippen LogP contribution in [-0.4, -0.2) is 50.0 Å². The van der Waals surface area contributed by atoms with Crippen molar-refractivity contribution in [2.24, 2.45) is 0 Å². The van der Waals surface area contributed by atoms with Crippen LogP contribution in [-0.2, 0) is 6.54 Å². The van der Waals surface area contributed by atoms with Gasteiger partial charge in [-0.15, -0.1) is 0 Å². The Labute approximate surface area is 150 Å². The number of aromatic nitrogens is 3. The second kappa shape index (κ2) is 7.94. The number of pyridine rings is 2. The Morgan fingerprint density at radius 1 is 1.35 bits per heavy atom. The molecule has 0 spiro atoms. The van der Waals surface area contributed by atoms with Crippen LogP contribution in [0.3, 0.4) is 0 Å². The summed E-state index contributed by atoms with van der Waals surface area (Å²) in [6.45, 7) is 2.17. The number of hydrogen-bond acceptors (Lipinski definition) is 5. The fraction of sp³-hybridized carbons (Fsp3) is 0.278. The minimum atomic E-state index is -0.912. The molecule has 2 amide bonds. The molecule has 1 atom stereocenters. The maximum Gasteiger partial charge on any atom is 0.319 e. The van der Waals surface area contributed by atoms with Gasteiger partial charge in [-0.3, -0.25) is 9.97 Å². The van der Waals surface area contributed by atoms with Crippen molar-refractivity contribution < 1.29 is 15.0 Å². The molecular weight excluding hydrogens is 334 g/mol. The molecule has 0 fully saturated rings. The predicted molar refractivity (Wildman–Crippen MR) is 98.8 cm³/mol. The van der Waals surface area contributed by atoms with E-state index in [9.17, 15) is 9.90 Å². The lowest BCUT2D eigenvalue weighted by Crippen LogP contribution is -2.28. The minimum Gasteiger partial charge on any atom is -0.394 e. The van der Waals surface area contributed by atoms with Gasteiger partial charge >= 0.3 is 6.03 Å². The van der Waals surface area contributed by atoms with Gasteiger partial charge < -0.3 is 25.4 Å². The molecule has 0 saturated carbocycles. The number of carbonyl (C=O) groups is 1. The van der Waals surface area contributed by atoms with Crippen molar-refractivity contribution in [3.63, 3.8) is 0 Å². The number of rotatable bonds is 6. The van der Waals surface area contributed by atoms with Crippen LogP contribution in [0.15, 0.2) is 43.0 Å². The molecule has 3 heterocycles. The van der Waals surface area contributed by atoms with E-state index in [0.29, 0.717) is 17.7 Å². The average molecular weight is 355 g/mol. The molecule has 3 rings (SSSR count). The molecule has 3 aromatic heterocycles. The fourth-order valence-corrected chi connectivity index (χ4v) is 2.71. The molecule has 0 saturated heterocycles. The summed E-state index contributed by atoms with van der Waals surface area (Å²) >= 11 is 0. The van der Waals surface area contributed by atoms with E-state index in [1.165, 1.54) is 0 Å². The van der Waals surface area contributed by atoms with Crippen molar-refractivity contribution in [1.29, 1.82) is 0 Å². The van der Waals surface area contributed by atoms with Gasteiger partial charge in [0.1, 0.15) is 5.52 Å². The highest BCUT2D eigenvalue weighted by Crippen LogP contribution is 2.28. The van der Waals surface area contributed by atoms with E-state index >= 15 is 0 Å². The van der Waals surface area contributed by atoms with Crippen LogP contribution >= 0.6 is 0 Å². The molecule has 0 aromatic carbocycles. The summed E-state index contributed by atoms with van der Waals surface area (Å²) in [5, 5.41) is 24.4. The van der Waals surface area contributed by atoms with Gasteiger partial charge in [0.2, 0.25) is 0 Å². The Morgan fingerprint density at radius 2 is 2.19 bits per heavy atom. The molecule has 8 nitrogen and oxygen atoms in total. The third kappa shape index (κ3) is 3.81.